The number of fused-ring (bicyclic) bond motifs is 1. The first kappa shape index (κ1) is 13.1. The molecule has 0 amide bonds. The number of rotatable bonds is 5. The number of nitrogens with one attached hydrogen (secondary N) is 2. The highest BCUT2D eigenvalue weighted by atomic mass is 16.5. The fourth-order valence-corrected chi connectivity index (χ4v) is 2.31. The molecule has 3 rings (SSSR count). The van der Waals surface area contributed by atoms with Crippen LogP contribution in [0.1, 0.15) is 5.56 Å². The third-order valence-electron chi connectivity index (χ3n) is 3.29. The second-order valence-electron chi connectivity index (χ2n) is 4.69. The van der Waals surface area contributed by atoms with Gasteiger partial charge in [0.15, 0.2) is 6.61 Å². The lowest BCUT2D eigenvalue weighted by Gasteiger charge is -2.09. The average Bonchev–Trinajstić information content (AvgIpc) is 3.00. The Balaban J connectivity index is 1.73. The zero-order valence-electron chi connectivity index (χ0n) is 11.5. The number of aromatic nitrogens is 1. The van der Waals surface area contributed by atoms with Gasteiger partial charge in [-0.1, -0.05) is 24.3 Å². The molecule has 0 aliphatic rings. The van der Waals surface area contributed by atoms with Gasteiger partial charge in [0, 0.05) is 24.5 Å². The number of H-pyrrole nitrogens is 1. The number of nitrogens with zero attached hydrogens (tertiary/aromatic N) is 1. The van der Waals surface area contributed by atoms with Crippen LogP contribution in [0.4, 0.5) is 5.69 Å². The van der Waals surface area contributed by atoms with Gasteiger partial charge in [-0.05, 0) is 29.1 Å². The van der Waals surface area contributed by atoms with Gasteiger partial charge in [-0.3, -0.25) is 0 Å². The lowest BCUT2D eigenvalue weighted by Crippen LogP contribution is -2.01. The quantitative estimate of drug-likeness (QED) is 0.747. The lowest BCUT2D eigenvalue weighted by molar-refractivity contribution is 0.368. The number of ether oxygens (including phenoxy) is 1. The van der Waals surface area contributed by atoms with Crippen LogP contribution in [0.25, 0.3) is 10.9 Å². The maximum atomic E-state index is 8.54. The molecule has 3 aromatic rings. The minimum absolute atomic E-state index is 0.0608. The van der Waals surface area contributed by atoms with Gasteiger partial charge in [-0.15, -0.1) is 0 Å². The summed E-state index contributed by atoms with van der Waals surface area (Å²) in [6.07, 6.45) is 1.95. The minimum Gasteiger partial charge on any atom is -0.479 e. The molecule has 0 aliphatic heterocycles. The summed E-state index contributed by atoms with van der Waals surface area (Å²) in [5, 5.41) is 13.1. The molecule has 104 valence electrons. The summed E-state index contributed by atoms with van der Waals surface area (Å²) in [7, 11) is 0. The predicted octanol–water partition coefficient (Wildman–Crippen LogP) is 3.68. The Morgan fingerprint density at radius 1 is 1.14 bits per heavy atom. The molecule has 0 unspecified atom stereocenters. The number of aromatic amines is 1. The van der Waals surface area contributed by atoms with E-state index in [2.05, 4.69) is 34.6 Å². The Kier molecular flexibility index (Phi) is 3.74. The van der Waals surface area contributed by atoms with Crippen LogP contribution < -0.4 is 10.1 Å². The molecule has 0 bridgehead atoms. The fourth-order valence-electron chi connectivity index (χ4n) is 2.31. The van der Waals surface area contributed by atoms with Gasteiger partial charge in [0.25, 0.3) is 0 Å². The summed E-state index contributed by atoms with van der Waals surface area (Å²) in [5.74, 6) is 0.694. The normalized spacial score (nSPS) is 10.2. The van der Waals surface area contributed by atoms with Gasteiger partial charge < -0.3 is 15.0 Å². The second-order valence-corrected chi connectivity index (χ2v) is 4.69. The van der Waals surface area contributed by atoms with Crippen LogP contribution in [0.2, 0.25) is 0 Å². The second kappa shape index (κ2) is 6.02. The van der Waals surface area contributed by atoms with Crippen molar-refractivity contribution in [1.82, 2.24) is 4.98 Å². The summed E-state index contributed by atoms with van der Waals surface area (Å²) in [6.45, 7) is 0.783. The van der Waals surface area contributed by atoms with Gasteiger partial charge in [-0.25, -0.2) is 0 Å². The first-order valence-corrected chi connectivity index (χ1v) is 6.75. The highest BCUT2D eigenvalue weighted by molar-refractivity contribution is 5.82. The molecule has 2 aromatic carbocycles. The Morgan fingerprint density at radius 3 is 2.95 bits per heavy atom. The van der Waals surface area contributed by atoms with E-state index >= 15 is 0 Å². The topological polar surface area (TPSA) is 60.8 Å². The predicted molar refractivity (Wildman–Crippen MR) is 83.2 cm³/mol. The standard InChI is InChI=1S/C17H15N3O/c18-8-10-21-16-6-2-5-15(11-16)20-12-14-4-1-3-13-7-9-19-17(13)14/h1-7,9,11,19-20H,10,12H2. The van der Waals surface area contributed by atoms with Gasteiger partial charge in [0.1, 0.15) is 11.8 Å². The summed E-state index contributed by atoms with van der Waals surface area (Å²) >= 11 is 0. The van der Waals surface area contributed by atoms with Crippen LogP contribution >= 0.6 is 0 Å². The molecule has 0 fully saturated rings. The number of para-hydroxylation sites is 1. The minimum atomic E-state index is 0.0608. The van der Waals surface area contributed by atoms with Crippen LogP contribution in [0.3, 0.4) is 0 Å². The SMILES string of the molecule is N#CCOc1cccc(NCc2cccc3cc[nH]c23)c1. The molecule has 0 spiro atoms. The number of benzene rings is 2. The molecule has 2 N–H and O–H groups in total. The molecular formula is C17H15N3O. The molecule has 0 atom stereocenters. The van der Waals surface area contributed by atoms with Crippen LogP contribution in [-0.4, -0.2) is 11.6 Å². The third kappa shape index (κ3) is 2.98. The molecule has 0 aliphatic carbocycles. The Labute approximate surface area is 123 Å². The van der Waals surface area contributed by atoms with Crippen molar-refractivity contribution in [2.24, 2.45) is 0 Å². The molecular weight excluding hydrogens is 262 g/mol. The first-order chi connectivity index (χ1) is 10.4. The van der Waals surface area contributed by atoms with Crippen molar-refractivity contribution in [3.8, 4) is 11.8 Å². The molecule has 1 heterocycles. The zero-order chi connectivity index (χ0) is 14.5. The van der Waals surface area contributed by atoms with Crippen molar-refractivity contribution >= 4 is 16.6 Å². The third-order valence-corrected chi connectivity index (χ3v) is 3.29. The van der Waals surface area contributed by atoms with Crippen LogP contribution in [0.5, 0.6) is 5.75 Å². The number of nitriles is 1. The van der Waals surface area contributed by atoms with E-state index in [0.717, 1.165) is 17.7 Å². The molecule has 21 heavy (non-hydrogen) atoms. The summed E-state index contributed by atoms with van der Waals surface area (Å²) in [6, 6.07) is 17.9. The molecule has 4 nitrogen and oxygen atoms in total. The molecule has 4 heteroatoms. The van der Waals surface area contributed by atoms with Crippen molar-refractivity contribution in [2.45, 2.75) is 6.54 Å². The maximum absolute atomic E-state index is 8.54. The van der Waals surface area contributed by atoms with E-state index in [1.807, 2.05) is 36.5 Å². The van der Waals surface area contributed by atoms with Crippen LogP contribution in [0, 0.1) is 11.3 Å². The van der Waals surface area contributed by atoms with Crippen LogP contribution in [-0.2, 0) is 6.54 Å². The monoisotopic (exact) mass is 277 g/mol. The van der Waals surface area contributed by atoms with E-state index in [9.17, 15) is 0 Å². The van der Waals surface area contributed by atoms with Crippen molar-refractivity contribution in [3.63, 3.8) is 0 Å². The van der Waals surface area contributed by atoms with Gasteiger partial charge >= 0.3 is 0 Å². The average molecular weight is 277 g/mol. The maximum Gasteiger partial charge on any atom is 0.174 e. The van der Waals surface area contributed by atoms with Gasteiger partial charge in [0.05, 0.1) is 5.52 Å². The summed E-state index contributed by atoms with van der Waals surface area (Å²) < 4.78 is 5.30. The molecule has 0 saturated carbocycles. The van der Waals surface area contributed by atoms with Crippen molar-refractivity contribution in [1.29, 1.82) is 5.26 Å². The number of hydrogen-bond donors (Lipinski definition) is 2. The van der Waals surface area contributed by atoms with E-state index in [1.54, 1.807) is 0 Å². The van der Waals surface area contributed by atoms with E-state index in [4.69, 9.17) is 10.00 Å². The van der Waals surface area contributed by atoms with Gasteiger partial charge in [0.2, 0.25) is 0 Å². The highest BCUT2D eigenvalue weighted by Crippen LogP contribution is 2.20. The van der Waals surface area contributed by atoms with Crippen molar-refractivity contribution < 1.29 is 4.74 Å². The van der Waals surface area contributed by atoms with Crippen molar-refractivity contribution in [2.75, 3.05) is 11.9 Å². The highest BCUT2D eigenvalue weighted by Gasteiger charge is 2.02. The molecule has 0 radical (unpaired) electrons. The Morgan fingerprint density at radius 2 is 2.05 bits per heavy atom. The number of hydrogen-bond acceptors (Lipinski definition) is 3. The van der Waals surface area contributed by atoms with Crippen molar-refractivity contribution in [3.05, 3.63) is 60.3 Å². The Bertz CT molecular complexity index is 786. The smallest absolute Gasteiger partial charge is 0.174 e. The van der Waals surface area contributed by atoms with E-state index in [1.165, 1.54) is 10.9 Å². The lowest BCUT2D eigenvalue weighted by atomic mass is 10.1. The van der Waals surface area contributed by atoms with E-state index < -0.39 is 0 Å². The molecule has 1 aromatic heterocycles. The van der Waals surface area contributed by atoms with E-state index in [-0.39, 0.29) is 6.61 Å². The first-order valence-electron chi connectivity index (χ1n) is 6.75. The number of anilines is 1. The van der Waals surface area contributed by atoms with E-state index in [0.29, 0.717) is 5.75 Å². The van der Waals surface area contributed by atoms with Crippen LogP contribution in [0.15, 0.2) is 54.7 Å². The zero-order valence-corrected chi connectivity index (χ0v) is 11.5. The van der Waals surface area contributed by atoms with Gasteiger partial charge in [-0.2, -0.15) is 5.26 Å². The fraction of sp³-hybridized carbons (Fsp3) is 0.118. The summed E-state index contributed by atoms with van der Waals surface area (Å²) in [4.78, 5) is 3.26. The summed E-state index contributed by atoms with van der Waals surface area (Å²) in [5.41, 5.74) is 3.33. The molecule has 0 saturated heterocycles. The Hall–Kier alpha value is -2.93. The largest absolute Gasteiger partial charge is 0.479 e.